The van der Waals surface area contributed by atoms with Crippen molar-refractivity contribution in [2.24, 2.45) is 0 Å². The highest BCUT2D eigenvalue weighted by molar-refractivity contribution is 5.94. The van der Waals surface area contributed by atoms with Gasteiger partial charge in [-0.2, -0.15) is 0 Å². The van der Waals surface area contributed by atoms with Gasteiger partial charge in [-0.05, 0) is 49.7 Å². The first-order valence-corrected chi connectivity index (χ1v) is 12.7. The van der Waals surface area contributed by atoms with Crippen molar-refractivity contribution in [2.75, 3.05) is 49.7 Å². The Kier molecular flexibility index (Phi) is 7.73. The molecule has 38 heavy (non-hydrogen) atoms. The fraction of sp³-hybridized carbons (Fsp3) is 0.370. The number of anilines is 2. The third-order valence-electron chi connectivity index (χ3n) is 6.66. The Morgan fingerprint density at radius 3 is 2.74 bits per heavy atom. The normalized spacial score (nSPS) is 17.1. The number of benzene rings is 1. The third kappa shape index (κ3) is 5.57. The van der Waals surface area contributed by atoms with Gasteiger partial charge in [0, 0.05) is 48.8 Å². The van der Waals surface area contributed by atoms with Gasteiger partial charge >= 0.3 is 6.03 Å². The summed E-state index contributed by atoms with van der Waals surface area (Å²) in [5.41, 5.74) is 3.77. The fourth-order valence-corrected chi connectivity index (χ4v) is 4.70. The van der Waals surface area contributed by atoms with Crippen molar-refractivity contribution in [3.05, 3.63) is 65.6 Å². The number of pyridine rings is 1. The Morgan fingerprint density at radius 1 is 1.16 bits per heavy atom. The van der Waals surface area contributed by atoms with E-state index in [9.17, 15) is 14.0 Å². The number of rotatable bonds is 6. The van der Waals surface area contributed by atoms with Gasteiger partial charge in [0.25, 0.3) is 5.91 Å². The lowest BCUT2D eigenvalue weighted by Crippen LogP contribution is -2.45. The van der Waals surface area contributed by atoms with Crippen LogP contribution in [0.5, 0.6) is 0 Å². The van der Waals surface area contributed by atoms with E-state index in [0.717, 1.165) is 29.2 Å². The summed E-state index contributed by atoms with van der Waals surface area (Å²) < 4.78 is 18.0. The van der Waals surface area contributed by atoms with E-state index < -0.39 is 12.7 Å². The predicted molar refractivity (Wildman–Crippen MR) is 141 cm³/mol. The largest absolute Gasteiger partial charge is 0.377 e. The highest BCUT2D eigenvalue weighted by Crippen LogP contribution is 2.32. The molecule has 0 aliphatic carbocycles. The number of carbonyl (C=O) groups is 2. The SMILES string of the molecule is CC1COCCN1c1nc(-c2ccc(NC(=O)NCCF)cc2)nc2c1CCN(C(=O)c1cccnc1)C2. The average Bonchev–Trinajstić information content (AvgIpc) is 2.96. The standard InChI is InChI=1S/C27H30FN7O3/c1-18-17-38-14-13-35(18)25-22-8-12-34(26(36)20-3-2-10-29-15-20)16-23(22)32-24(33-25)19-4-6-21(7-5-19)31-27(37)30-11-9-28/h2-7,10,15,18H,8-9,11-14,16-17H2,1H3,(H2,30,31,37). The van der Waals surface area contributed by atoms with Gasteiger partial charge in [0.15, 0.2) is 5.82 Å². The number of hydrogen-bond acceptors (Lipinski definition) is 7. The molecule has 2 N–H and O–H groups in total. The Hall–Kier alpha value is -4.12. The molecule has 198 valence electrons. The number of fused-ring (bicyclic) bond motifs is 1. The topological polar surface area (TPSA) is 113 Å². The van der Waals surface area contributed by atoms with Crippen LogP contribution in [0.25, 0.3) is 11.4 Å². The predicted octanol–water partition coefficient (Wildman–Crippen LogP) is 3.05. The second-order valence-corrected chi connectivity index (χ2v) is 9.28. The molecule has 1 saturated heterocycles. The van der Waals surface area contributed by atoms with Crippen LogP contribution < -0.4 is 15.5 Å². The van der Waals surface area contributed by atoms with Gasteiger partial charge in [0.05, 0.1) is 37.1 Å². The molecule has 1 atom stereocenters. The van der Waals surface area contributed by atoms with Crippen molar-refractivity contribution >= 4 is 23.4 Å². The highest BCUT2D eigenvalue weighted by Gasteiger charge is 2.30. The molecule has 0 saturated carbocycles. The molecule has 1 unspecified atom stereocenters. The van der Waals surface area contributed by atoms with Crippen LogP contribution in [0.15, 0.2) is 48.8 Å². The van der Waals surface area contributed by atoms with E-state index in [2.05, 4.69) is 27.4 Å². The monoisotopic (exact) mass is 519 g/mol. The second-order valence-electron chi connectivity index (χ2n) is 9.28. The number of nitrogens with zero attached hydrogens (tertiary/aromatic N) is 5. The highest BCUT2D eigenvalue weighted by atomic mass is 19.1. The first-order valence-electron chi connectivity index (χ1n) is 12.7. The molecule has 3 amide bonds. The molecule has 10 nitrogen and oxygen atoms in total. The molecule has 5 rings (SSSR count). The van der Waals surface area contributed by atoms with E-state index in [0.29, 0.717) is 49.8 Å². The van der Waals surface area contributed by atoms with E-state index in [1.807, 2.05) is 12.1 Å². The van der Waals surface area contributed by atoms with Crippen molar-refractivity contribution in [2.45, 2.75) is 25.9 Å². The van der Waals surface area contributed by atoms with Crippen LogP contribution in [0.3, 0.4) is 0 Å². The van der Waals surface area contributed by atoms with Crippen LogP contribution in [0, 0.1) is 0 Å². The van der Waals surface area contributed by atoms with Crippen molar-refractivity contribution in [1.82, 2.24) is 25.2 Å². The lowest BCUT2D eigenvalue weighted by molar-refractivity contribution is 0.0731. The molecular weight excluding hydrogens is 489 g/mol. The van der Waals surface area contributed by atoms with Crippen LogP contribution in [-0.2, 0) is 17.7 Å². The summed E-state index contributed by atoms with van der Waals surface area (Å²) in [4.78, 5) is 43.0. The van der Waals surface area contributed by atoms with Crippen molar-refractivity contribution in [1.29, 1.82) is 0 Å². The minimum absolute atomic E-state index is 0.0457. The third-order valence-corrected chi connectivity index (χ3v) is 6.66. The van der Waals surface area contributed by atoms with E-state index >= 15 is 0 Å². The number of carbonyl (C=O) groups excluding carboxylic acids is 2. The number of hydrogen-bond donors (Lipinski definition) is 2. The number of halogens is 1. The first kappa shape index (κ1) is 25.5. The zero-order valence-corrected chi connectivity index (χ0v) is 21.2. The van der Waals surface area contributed by atoms with Crippen molar-refractivity contribution in [3.8, 4) is 11.4 Å². The summed E-state index contributed by atoms with van der Waals surface area (Å²) in [6.45, 7) is 4.34. The molecule has 2 aliphatic heterocycles. The minimum Gasteiger partial charge on any atom is -0.377 e. The number of urea groups is 1. The van der Waals surface area contributed by atoms with Crippen LogP contribution in [0.1, 0.15) is 28.5 Å². The quantitative estimate of drug-likeness (QED) is 0.515. The zero-order chi connectivity index (χ0) is 26.5. The van der Waals surface area contributed by atoms with Gasteiger partial charge < -0.3 is 25.2 Å². The first-order chi connectivity index (χ1) is 18.5. The molecule has 0 radical (unpaired) electrons. The number of alkyl halides is 1. The number of amides is 3. The lowest BCUT2D eigenvalue weighted by Gasteiger charge is -2.37. The molecule has 3 aromatic rings. The van der Waals surface area contributed by atoms with Gasteiger partial charge in [0.2, 0.25) is 0 Å². The molecule has 4 heterocycles. The summed E-state index contributed by atoms with van der Waals surface area (Å²) in [7, 11) is 0. The van der Waals surface area contributed by atoms with Gasteiger partial charge in [-0.25, -0.2) is 19.2 Å². The molecule has 11 heteroatoms. The van der Waals surface area contributed by atoms with Crippen LogP contribution in [-0.4, -0.2) is 77.4 Å². The van der Waals surface area contributed by atoms with Crippen LogP contribution in [0.4, 0.5) is 20.7 Å². The molecule has 1 aromatic carbocycles. The molecule has 1 fully saturated rings. The maximum atomic E-state index is 13.1. The molecule has 0 spiro atoms. The van der Waals surface area contributed by atoms with Gasteiger partial charge in [-0.1, -0.05) is 0 Å². The summed E-state index contributed by atoms with van der Waals surface area (Å²) >= 11 is 0. The number of aromatic nitrogens is 3. The fourth-order valence-electron chi connectivity index (χ4n) is 4.70. The van der Waals surface area contributed by atoms with E-state index in [4.69, 9.17) is 14.7 Å². The number of nitrogens with one attached hydrogen (secondary N) is 2. The maximum absolute atomic E-state index is 13.1. The summed E-state index contributed by atoms with van der Waals surface area (Å²) in [5.74, 6) is 1.34. The Morgan fingerprint density at radius 2 is 2.00 bits per heavy atom. The number of morpholine rings is 1. The Bertz CT molecular complexity index is 1290. The second kappa shape index (κ2) is 11.5. The maximum Gasteiger partial charge on any atom is 0.319 e. The zero-order valence-electron chi connectivity index (χ0n) is 21.2. The smallest absolute Gasteiger partial charge is 0.319 e. The lowest BCUT2D eigenvalue weighted by atomic mass is 10.0. The molecule has 2 aromatic heterocycles. The summed E-state index contributed by atoms with van der Waals surface area (Å²) in [5, 5.41) is 5.11. The van der Waals surface area contributed by atoms with E-state index in [-0.39, 0.29) is 18.5 Å². The van der Waals surface area contributed by atoms with E-state index in [1.165, 1.54) is 0 Å². The molecule has 0 bridgehead atoms. The van der Waals surface area contributed by atoms with Crippen molar-refractivity contribution in [3.63, 3.8) is 0 Å². The molecular formula is C27H30FN7O3. The van der Waals surface area contributed by atoms with Crippen molar-refractivity contribution < 1.29 is 18.7 Å². The minimum atomic E-state index is -0.628. The molecule has 2 aliphatic rings. The van der Waals surface area contributed by atoms with Gasteiger partial charge in [-0.15, -0.1) is 0 Å². The van der Waals surface area contributed by atoms with Gasteiger partial charge in [0.1, 0.15) is 12.5 Å². The summed E-state index contributed by atoms with van der Waals surface area (Å²) in [6, 6.07) is 10.4. The van der Waals surface area contributed by atoms with Crippen LogP contribution >= 0.6 is 0 Å². The Balaban J connectivity index is 1.45. The van der Waals surface area contributed by atoms with Crippen LogP contribution in [0.2, 0.25) is 0 Å². The average molecular weight is 520 g/mol. The van der Waals surface area contributed by atoms with Gasteiger partial charge in [-0.3, -0.25) is 9.78 Å². The Labute approximate surface area is 220 Å². The van der Waals surface area contributed by atoms with E-state index in [1.54, 1.807) is 41.6 Å². The summed E-state index contributed by atoms with van der Waals surface area (Å²) in [6.07, 6.45) is 3.88. The number of ether oxygens (including phenoxy) is 1.